The molecule has 1 heterocycles. The molecule has 0 saturated carbocycles. The van der Waals surface area contributed by atoms with Crippen LogP contribution in [0.25, 0.3) is 0 Å². The average molecular weight is 257 g/mol. The van der Waals surface area contributed by atoms with E-state index in [0.717, 1.165) is 24.9 Å². The highest BCUT2D eigenvalue weighted by atomic mass is 16.1. The van der Waals surface area contributed by atoms with Gasteiger partial charge in [0.05, 0.1) is 5.69 Å². The molecule has 100 valence electrons. The van der Waals surface area contributed by atoms with Crippen molar-refractivity contribution in [3.05, 3.63) is 47.3 Å². The van der Waals surface area contributed by atoms with Gasteiger partial charge in [-0.2, -0.15) is 0 Å². The fourth-order valence-electron chi connectivity index (χ4n) is 1.97. The third-order valence-electron chi connectivity index (χ3n) is 3.11. The van der Waals surface area contributed by atoms with Crippen LogP contribution in [0.4, 0.5) is 0 Å². The van der Waals surface area contributed by atoms with Gasteiger partial charge in [0, 0.05) is 13.0 Å². The molecule has 0 aliphatic carbocycles. The van der Waals surface area contributed by atoms with Crippen molar-refractivity contribution in [2.24, 2.45) is 5.92 Å². The second kappa shape index (κ2) is 6.27. The second-order valence-corrected chi connectivity index (χ2v) is 5.11. The molecule has 2 rings (SSSR count). The van der Waals surface area contributed by atoms with E-state index < -0.39 is 0 Å². The van der Waals surface area contributed by atoms with Gasteiger partial charge >= 0.3 is 0 Å². The van der Waals surface area contributed by atoms with Crippen molar-refractivity contribution in [1.29, 1.82) is 0 Å². The number of aryl methyl sites for hydroxylation is 1. The van der Waals surface area contributed by atoms with Crippen molar-refractivity contribution in [2.75, 3.05) is 0 Å². The van der Waals surface area contributed by atoms with Gasteiger partial charge in [-0.15, -0.1) is 5.10 Å². The molecule has 0 radical (unpaired) electrons. The first-order chi connectivity index (χ1) is 9.20. The highest BCUT2D eigenvalue weighted by Gasteiger charge is 2.13. The Labute approximate surface area is 113 Å². The third-order valence-corrected chi connectivity index (χ3v) is 3.11. The molecule has 0 aliphatic rings. The van der Waals surface area contributed by atoms with Crippen molar-refractivity contribution in [3.8, 4) is 0 Å². The van der Waals surface area contributed by atoms with Crippen LogP contribution in [0.1, 0.15) is 42.0 Å². The summed E-state index contributed by atoms with van der Waals surface area (Å²) in [5, 5.41) is 8.04. The van der Waals surface area contributed by atoms with Crippen LogP contribution in [0.5, 0.6) is 0 Å². The van der Waals surface area contributed by atoms with Crippen LogP contribution in [0.3, 0.4) is 0 Å². The molecule has 0 unspecified atom stereocenters. The molecule has 2 aromatic rings. The molecular formula is C15H19N3O. The number of rotatable bonds is 6. The molecule has 1 aromatic heterocycles. The van der Waals surface area contributed by atoms with E-state index in [0.29, 0.717) is 18.0 Å². The van der Waals surface area contributed by atoms with Gasteiger partial charge in [-0.05, 0) is 17.9 Å². The SMILES string of the molecule is CC(C)CCn1nnc(C=O)c1Cc1ccccc1. The maximum absolute atomic E-state index is 11.1. The standard InChI is InChI=1S/C15H19N3O/c1-12(2)8-9-18-15(14(11-19)16-17-18)10-13-6-4-3-5-7-13/h3-7,11-12H,8-10H2,1-2H3. The van der Waals surface area contributed by atoms with E-state index in [2.05, 4.69) is 24.2 Å². The molecule has 0 bridgehead atoms. The van der Waals surface area contributed by atoms with E-state index in [1.807, 2.05) is 35.0 Å². The monoisotopic (exact) mass is 257 g/mol. The lowest BCUT2D eigenvalue weighted by atomic mass is 10.1. The molecule has 0 atom stereocenters. The minimum absolute atomic E-state index is 0.451. The molecule has 0 amide bonds. The quantitative estimate of drug-likeness (QED) is 0.748. The van der Waals surface area contributed by atoms with Crippen LogP contribution < -0.4 is 0 Å². The Balaban J connectivity index is 2.21. The Kier molecular flexibility index (Phi) is 4.44. The Hall–Kier alpha value is -1.97. The molecule has 4 nitrogen and oxygen atoms in total. The van der Waals surface area contributed by atoms with Gasteiger partial charge in [0.1, 0.15) is 5.69 Å². The molecule has 0 spiro atoms. The number of benzene rings is 1. The number of hydrogen-bond donors (Lipinski definition) is 0. The van der Waals surface area contributed by atoms with Gasteiger partial charge in [0.2, 0.25) is 0 Å². The fourth-order valence-corrected chi connectivity index (χ4v) is 1.97. The van der Waals surface area contributed by atoms with Gasteiger partial charge in [-0.1, -0.05) is 49.4 Å². The highest BCUT2D eigenvalue weighted by molar-refractivity contribution is 5.73. The van der Waals surface area contributed by atoms with Gasteiger partial charge in [-0.25, -0.2) is 4.68 Å². The molecule has 0 N–H and O–H groups in total. The lowest BCUT2D eigenvalue weighted by molar-refractivity contribution is 0.111. The summed E-state index contributed by atoms with van der Waals surface area (Å²) in [5.74, 6) is 0.605. The Morgan fingerprint density at radius 2 is 2.00 bits per heavy atom. The number of aromatic nitrogens is 3. The van der Waals surface area contributed by atoms with Crippen molar-refractivity contribution in [3.63, 3.8) is 0 Å². The summed E-state index contributed by atoms with van der Waals surface area (Å²) >= 11 is 0. The molecule has 4 heteroatoms. The maximum atomic E-state index is 11.1. The number of carbonyl (C=O) groups excluding carboxylic acids is 1. The van der Waals surface area contributed by atoms with E-state index in [9.17, 15) is 4.79 Å². The lowest BCUT2D eigenvalue weighted by Crippen LogP contribution is -2.09. The van der Waals surface area contributed by atoms with Gasteiger partial charge < -0.3 is 0 Å². The zero-order valence-electron chi connectivity index (χ0n) is 11.4. The van der Waals surface area contributed by atoms with Gasteiger partial charge in [-0.3, -0.25) is 4.79 Å². The number of carbonyl (C=O) groups is 1. The third kappa shape index (κ3) is 3.50. The molecule has 0 aliphatic heterocycles. The lowest BCUT2D eigenvalue weighted by Gasteiger charge is -2.08. The summed E-state index contributed by atoms with van der Waals surface area (Å²) in [7, 11) is 0. The van der Waals surface area contributed by atoms with Crippen molar-refractivity contribution < 1.29 is 4.79 Å². The second-order valence-electron chi connectivity index (χ2n) is 5.11. The van der Waals surface area contributed by atoms with Crippen LogP contribution in [0.15, 0.2) is 30.3 Å². The number of hydrogen-bond acceptors (Lipinski definition) is 3. The first kappa shape index (κ1) is 13.5. The Morgan fingerprint density at radius 3 is 2.63 bits per heavy atom. The van der Waals surface area contributed by atoms with Crippen LogP contribution >= 0.6 is 0 Å². The first-order valence-corrected chi connectivity index (χ1v) is 6.62. The van der Waals surface area contributed by atoms with Gasteiger partial charge in [0.25, 0.3) is 0 Å². The molecule has 0 saturated heterocycles. The number of aldehydes is 1. The van der Waals surface area contributed by atoms with E-state index >= 15 is 0 Å². The van der Waals surface area contributed by atoms with E-state index in [4.69, 9.17) is 0 Å². The van der Waals surface area contributed by atoms with E-state index in [-0.39, 0.29) is 0 Å². The highest BCUT2D eigenvalue weighted by Crippen LogP contribution is 2.13. The predicted octanol–water partition coefficient (Wildman–Crippen LogP) is 2.73. The van der Waals surface area contributed by atoms with E-state index in [1.54, 1.807) is 0 Å². The number of nitrogens with zero attached hydrogens (tertiary/aromatic N) is 3. The normalized spacial score (nSPS) is 10.9. The molecule has 19 heavy (non-hydrogen) atoms. The molecule has 1 aromatic carbocycles. The van der Waals surface area contributed by atoms with Crippen molar-refractivity contribution in [1.82, 2.24) is 15.0 Å². The van der Waals surface area contributed by atoms with Crippen molar-refractivity contribution in [2.45, 2.75) is 33.2 Å². The van der Waals surface area contributed by atoms with Crippen LogP contribution in [-0.4, -0.2) is 21.3 Å². The zero-order chi connectivity index (χ0) is 13.7. The van der Waals surface area contributed by atoms with Crippen LogP contribution in [-0.2, 0) is 13.0 Å². The summed E-state index contributed by atoms with van der Waals surface area (Å²) in [6, 6.07) is 10.1. The molecule has 0 fully saturated rings. The summed E-state index contributed by atoms with van der Waals surface area (Å²) < 4.78 is 1.86. The zero-order valence-corrected chi connectivity index (χ0v) is 11.4. The Bertz CT molecular complexity index is 532. The first-order valence-electron chi connectivity index (χ1n) is 6.62. The molecular weight excluding hydrogens is 238 g/mol. The summed E-state index contributed by atoms with van der Waals surface area (Å²) in [6.45, 7) is 5.16. The Morgan fingerprint density at radius 1 is 1.26 bits per heavy atom. The summed E-state index contributed by atoms with van der Waals surface area (Å²) in [5.41, 5.74) is 2.52. The largest absolute Gasteiger partial charge is 0.296 e. The van der Waals surface area contributed by atoms with E-state index in [1.165, 1.54) is 5.56 Å². The minimum atomic E-state index is 0.451. The summed E-state index contributed by atoms with van der Waals surface area (Å²) in [4.78, 5) is 11.1. The van der Waals surface area contributed by atoms with Crippen LogP contribution in [0.2, 0.25) is 0 Å². The summed E-state index contributed by atoms with van der Waals surface area (Å²) in [6.07, 6.45) is 2.51. The van der Waals surface area contributed by atoms with Crippen molar-refractivity contribution >= 4 is 6.29 Å². The fraction of sp³-hybridized carbons (Fsp3) is 0.400. The smallest absolute Gasteiger partial charge is 0.172 e. The van der Waals surface area contributed by atoms with Crippen LogP contribution in [0, 0.1) is 5.92 Å². The topological polar surface area (TPSA) is 47.8 Å². The maximum Gasteiger partial charge on any atom is 0.172 e. The average Bonchev–Trinajstić information content (AvgIpc) is 2.80. The minimum Gasteiger partial charge on any atom is -0.296 e. The predicted molar refractivity (Wildman–Crippen MR) is 74.1 cm³/mol. The van der Waals surface area contributed by atoms with Gasteiger partial charge in [0.15, 0.2) is 6.29 Å².